The molecule has 1 heterocycles. The van der Waals surface area contributed by atoms with Crippen LogP contribution in [-0.4, -0.2) is 61.2 Å². The number of hydrogen-bond acceptors (Lipinski definition) is 5. The molecular formula is C26H38Cl2N2O3. The molecule has 0 bridgehead atoms. The molecule has 33 heavy (non-hydrogen) atoms. The fourth-order valence-corrected chi connectivity index (χ4v) is 3.93. The number of unbranched alkanes of at least 4 members (excludes halogenated alkanes) is 1. The molecule has 1 fully saturated rings. The van der Waals surface area contributed by atoms with Crippen molar-refractivity contribution >= 4 is 36.3 Å². The van der Waals surface area contributed by atoms with Gasteiger partial charge in [0.2, 0.25) is 0 Å². The van der Waals surface area contributed by atoms with E-state index in [2.05, 4.69) is 35.9 Å². The molecule has 0 unspecified atom stereocenters. The van der Waals surface area contributed by atoms with Gasteiger partial charge in [-0.2, -0.15) is 0 Å². The summed E-state index contributed by atoms with van der Waals surface area (Å²) in [6, 6.07) is 17.6. The van der Waals surface area contributed by atoms with E-state index < -0.39 is 5.60 Å². The summed E-state index contributed by atoms with van der Waals surface area (Å²) >= 11 is 0. The number of rotatable bonds is 11. The highest BCUT2D eigenvalue weighted by Crippen LogP contribution is 2.27. The highest BCUT2D eigenvalue weighted by atomic mass is 35.5. The minimum absolute atomic E-state index is 0. The van der Waals surface area contributed by atoms with E-state index in [0.29, 0.717) is 19.4 Å². The number of aliphatic hydroxyl groups is 1. The summed E-state index contributed by atoms with van der Waals surface area (Å²) in [5.41, 5.74) is 1.22. The lowest BCUT2D eigenvalue weighted by molar-refractivity contribution is -0.0244. The number of carbonyl (C=O) groups is 1. The molecule has 1 aliphatic heterocycles. The minimum Gasteiger partial charge on any atom is -0.494 e. The van der Waals surface area contributed by atoms with Crippen LogP contribution in [0.1, 0.15) is 49.4 Å². The van der Waals surface area contributed by atoms with Crippen molar-refractivity contribution in [1.29, 1.82) is 0 Å². The number of carbonyl (C=O) groups excluding carboxylic acids is 1. The Morgan fingerprint density at radius 1 is 1.06 bits per heavy atom. The van der Waals surface area contributed by atoms with Crippen LogP contribution in [0.15, 0.2) is 54.6 Å². The zero-order valence-electron chi connectivity index (χ0n) is 19.7. The van der Waals surface area contributed by atoms with Crippen LogP contribution in [0.3, 0.4) is 0 Å². The predicted molar refractivity (Wildman–Crippen MR) is 141 cm³/mol. The van der Waals surface area contributed by atoms with Gasteiger partial charge in [0.1, 0.15) is 5.75 Å². The topological polar surface area (TPSA) is 53.0 Å². The Labute approximate surface area is 210 Å². The number of ether oxygens (including phenoxy) is 1. The molecule has 0 saturated carbocycles. The van der Waals surface area contributed by atoms with Gasteiger partial charge < -0.3 is 14.7 Å². The summed E-state index contributed by atoms with van der Waals surface area (Å²) in [6.45, 7) is 5.63. The van der Waals surface area contributed by atoms with Crippen molar-refractivity contribution in [2.45, 2.75) is 44.6 Å². The van der Waals surface area contributed by atoms with Crippen molar-refractivity contribution in [2.75, 3.05) is 44.7 Å². The van der Waals surface area contributed by atoms with Gasteiger partial charge in [-0.3, -0.25) is 9.69 Å². The van der Waals surface area contributed by atoms with Crippen molar-refractivity contribution in [1.82, 2.24) is 4.90 Å². The molecule has 0 atom stereocenters. The summed E-state index contributed by atoms with van der Waals surface area (Å²) in [5.74, 6) is 1.05. The maximum absolute atomic E-state index is 12.4. The van der Waals surface area contributed by atoms with Crippen LogP contribution in [0, 0.1) is 0 Å². The molecule has 1 N–H and O–H groups in total. The Balaban J connectivity index is 0.00000272. The van der Waals surface area contributed by atoms with Gasteiger partial charge in [-0.1, -0.05) is 43.7 Å². The lowest BCUT2D eigenvalue weighted by Gasteiger charge is -2.39. The summed E-state index contributed by atoms with van der Waals surface area (Å²) in [4.78, 5) is 16.8. The number of hydrogen-bond donors (Lipinski definition) is 1. The number of benzene rings is 2. The Morgan fingerprint density at radius 3 is 2.30 bits per heavy atom. The van der Waals surface area contributed by atoms with Gasteiger partial charge in [0, 0.05) is 37.9 Å². The molecule has 0 aromatic heterocycles. The van der Waals surface area contributed by atoms with Crippen molar-refractivity contribution in [3.8, 4) is 5.75 Å². The quantitative estimate of drug-likeness (QED) is 0.340. The van der Waals surface area contributed by atoms with E-state index in [1.54, 1.807) is 0 Å². The SMILES string of the molecule is CCCCOc1ccc(N(C)CCC2(O)CCN(CC(=O)c3ccccc3)CC2)cc1.Cl.Cl. The summed E-state index contributed by atoms with van der Waals surface area (Å²) in [5, 5.41) is 11.0. The molecule has 0 spiro atoms. The van der Waals surface area contributed by atoms with Crippen LogP contribution in [0.5, 0.6) is 5.75 Å². The average Bonchev–Trinajstić information content (AvgIpc) is 2.80. The maximum atomic E-state index is 12.4. The van der Waals surface area contributed by atoms with E-state index >= 15 is 0 Å². The largest absolute Gasteiger partial charge is 0.494 e. The first-order valence-electron chi connectivity index (χ1n) is 11.5. The zero-order chi connectivity index (χ0) is 22.1. The highest BCUT2D eigenvalue weighted by Gasteiger charge is 2.32. The van der Waals surface area contributed by atoms with Crippen molar-refractivity contribution in [2.24, 2.45) is 0 Å². The standard InChI is InChI=1S/C26H36N2O3.2ClH/c1-3-4-20-31-24-12-10-23(11-13-24)27(2)17-14-26(30)15-18-28(19-16-26)21-25(29)22-8-6-5-7-9-22;;/h5-13,30H,3-4,14-21H2,1-2H3;2*1H. The molecule has 184 valence electrons. The number of anilines is 1. The summed E-state index contributed by atoms with van der Waals surface area (Å²) in [7, 11) is 2.06. The van der Waals surface area contributed by atoms with E-state index in [1.807, 2.05) is 42.5 Å². The van der Waals surface area contributed by atoms with Crippen molar-refractivity contribution in [3.05, 3.63) is 60.2 Å². The van der Waals surface area contributed by atoms with E-state index in [9.17, 15) is 9.90 Å². The van der Waals surface area contributed by atoms with Gasteiger partial charge >= 0.3 is 0 Å². The molecule has 1 saturated heterocycles. The van der Waals surface area contributed by atoms with E-state index in [4.69, 9.17) is 4.74 Å². The number of ketones is 1. The van der Waals surface area contributed by atoms with Gasteiger partial charge in [0.05, 0.1) is 18.8 Å². The fourth-order valence-electron chi connectivity index (χ4n) is 3.93. The van der Waals surface area contributed by atoms with Crippen LogP contribution in [0.25, 0.3) is 0 Å². The molecule has 3 rings (SSSR count). The van der Waals surface area contributed by atoms with E-state index in [0.717, 1.165) is 62.5 Å². The molecule has 0 radical (unpaired) electrons. The lowest BCUT2D eigenvalue weighted by Crippen LogP contribution is -2.47. The molecule has 2 aromatic carbocycles. The van der Waals surface area contributed by atoms with E-state index in [1.165, 1.54) is 0 Å². The Hall–Kier alpha value is -1.79. The van der Waals surface area contributed by atoms with Gasteiger partial charge in [0.15, 0.2) is 5.78 Å². The molecule has 0 aliphatic carbocycles. The Bertz CT molecular complexity index is 810. The van der Waals surface area contributed by atoms with Crippen LogP contribution >= 0.6 is 24.8 Å². The number of Topliss-reactive ketones (excluding diaryl/α,β-unsaturated/α-hetero) is 1. The lowest BCUT2D eigenvalue weighted by atomic mass is 9.88. The van der Waals surface area contributed by atoms with Crippen LogP contribution in [0.2, 0.25) is 0 Å². The second-order valence-corrected chi connectivity index (χ2v) is 8.66. The van der Waals surface area contributed by atoms with Crippen LogP contribution < -0.4 is 9.64 Å². The van der Waals surface area contributed by atoms with Crippen molar-refractivity contribution < 1.29 is 14.6 Å². The third-order valence-corrected chi connectivity index (χ3v) is 6.21. The van der Waals surface area contributed by atoms with Gasteiger partial charge in [0.25, 0.3) is 0 Å². The molecule has 7 heteroatoms. The van der Waals surface area contributed by atoms with Crippen molar-refractivity contribution in [3.63, 3.8) is 0 Å². The molecule has 5 nitrogen and oxygen atoms in total. The second-order valence-electron chi connectivity index (χ2n) is 8.66. The maximum Gasteiger partial charge on any atom is 0.176 e. The third kappa shape index (κ3) is 9.17. The fraction of sp³-hybridized carbons (Fsp3) is 0.500. The van der Waals surface area contributed by atoms with Crippen LogP contribution in [-0.2, 0) is 0 Å². The van der Waals surface area contributed by atoms with Gasteiger partial charge in [-0.05, 0) is 49.9 Å². The van der Waals surface area contributed by atoms with Crippen LogP contribution in [0.4, 0.5) is 5.69 Å². The number of nitrogens with zero attached hydrogens (tertiary/aromatic N) is 2. The number of likely N-dealkylation sites (tertiary alicyclic amines) is 1. The smallest absolute Gasteiger partial charge is 0.176 e. The predicted octanol–water partition coefficient (Wildman–Crippen LogP) is 5.25. The average molecular weight is 498 g/mol. The summed E-state index contributed by atoms with van der Waals surface area (Å²) < 4.78 is 5.73. The number of piperidine rings is 1. The molecular weight excluding hydrogens is 459 g/mol. The first-order chi connectivity index (χ1) is 15.0. The normalized spacial score (nSPS) is 15.1. The first-order valence-corrected chi connectivity index (χ1v) is 11.5. The second kappa shape index (κ2) is 14.5. The Morgan fingerprint density at radius 2 is 1.70 bits per heavy atom. The zero-order valence-corrected chi connectivity index (χ0v) is 21.4. The van der Waals surface area contributed by atoms with Gasteiger partial charge in [-0.25, -0.2) is 0 Å². The molecule has 1 aliphatic rings. The molecule has 2 aromatic rings. The monoisotopic (exact) mass is 496 g/mol. The highest BCUT2D eigenvalue weighted by molar-refractivity contribution is 5.97. The number of halogens is 2. The first kappa shape index (κ1) is 29.2. The third-order valence-electron chi connectivity index (χ3n) is 6.21. The Kier molecular flexibility index (Phi) is 12.8. The summed E-state index contributed by atoms with van der Waals surface area (Å²) in [6.07, 6.45) is 4.32. The minimum atomic E-state index is -0.663. The van der Waals surface area contributed by atoms with E-state index in [-0.39, 0.29) is 30.6 Å². The molecule has 0 amide bonds. The van der Waals surface area contributed by atoms with Gasteiger partial charge in [-0.15, -0.1) is 24.8 Å².